The van der Waals surface area contributed by atoms with E-state index >= 15 is 0 Å². The van der Waals surface area contributed by atoms with Gasteiger partial charge >= 0.3 is 0 Å². The van der Waals surface area contributed by atoms with E-state index in [-0.39, 0.29) is 11.4 Å². The Bertz CT molecular complexity index is 1130. The molecule has 5 rings (SSSR count). The number of nitrogens with one attached hydrogen (secondary N) is 1. The summed E-state index contributed by atoms with van der Waals surface area (Å²) in [4.78, 5) is 16.8. The van der Waals surface area contributed by atoms with Crippen LogP contribution in [0.5, 0.6) is 0 Å². The van der Waals surface area contributed by atoms with Crippen LogP contribution in [0.4, 0.5) is 0 Å². The summed E-state index contributed by atoms with van der Waals surface area (Å²) in [5.41, 5.74) is 0.930. The standard InChI is InChI=1S/C22H19ClN4O2S/c23-17-9-5-4-8-15(17)18-11-10-14(29-18)12-16-19(24)27-22(25-20(16)28)30-21(26-27)13-6-2-1-3-7-13/h4-5,8-13,24H,1-3,6-7H2/b16-12-,24-19?. The van der Waals surface area contributed by atoms with Gasteiger partial charge in [-0.2, -0.15) is 15.1 Å². The number of rotatable bonds is 3. The number of hydrogen-bond acceptors (Lipinski definition) is 5. The van der Waals surface area contributed by atoms with Gasteiger partial charge < -0.3 is 4.42 Å². The Labute approximate surface area is 183 Å². The van der Waals surface area contributed by atoms with E-state index in [4.69, 9.17) is 21.4 Å². The molecule has 8 heteroatoms. The number of furan rings is 1. The number of carbonyl (C=O) groups excluding carboxylic acids is 1. The number of hydrogen-bond donors (Lipinski definition) is 1. The average Bonchev–Trinajstić information content (AvgIpc) is 3.39. The molecule has 1 aromatic carbocycles. The monoisotopic (exact) mass is 438 g/mol. The maximum Gasteiger partial charge on any atom is 0.283 e. The average molecular weight is 439 g/mol. The van der Waals surface area contributed by atoms with Crippen molar-refractivity contribution in [1.29, 1.82) is 5.41 Å². The molecule has 1 aliphatic carbocycles. The zero-order valence-corrected chi connectivity index (χ0v) is 17.7. The minimum Gasteiger partial charge on any atom is -0.457 e. The number of halogens is 1. The SMILES string of the molecule is N=C1/C(=C/c2ccc(-c3ccccc3Cl)o2)C(=O)N=C2SC(C3CCCCC3)=NN12. The van der Waals surface area contributed by atoms with Crippen molar-refractivity contribution in [3.8, 4) is 11.3 Å². The van der Waals surface area contributed by atoms with E-state index < -0.39 is 5.91 Å². The highest BCUT2D eigenvalue weighted by atomic mass is 35.5. The molecule has 3 heterocycles. The summed E-state index contributed by atoms with van der Waals surface area (Å²) in [6.07, 6.45) is 7.42. The largest absolute Gasteiger partial charge is 0.457 e. The summed E-state index contributed by atoms with van der Waals surface area (Å²) >= 11 is 7.66. The van der Waals surface area contributed by atoms with E-state index in [1.165, 1.54) is 36.0 Å². The molecule has 1 fully saturated rings. The van der Waals surface area contributed by atoms with E-state index in [0.29, 0.717) is 27.6 Å². The molecule has 0 saturated heterocycles. The Morgan fingerprint density at radius 2 is 1.97 bits per heavy atom. The highest BCUT2D eigenvalue weighted by molar-refractivity contribution is 8.27. The number of hydrazone groups is 1. The molecule has 30 heavy (non-hydrogen) atoms. The highest BCUT2D eigenvalue weighted by Crippen LogP contribution is 2.36. The van der Waals surface area contributed by atoms with Crippen LogP contribution in [0.3, 0.4) is 0 Å². The van der Waals surface area contributed by atoms with E-state index in [1.807, 2.05) is 18.2 Å². The molecular weight excluding hydrogens is 420 g/mol. The number of aliphatic imine (C=N–C) groups is 1. The van der Waals surface area contributed by atoms with Crippen LogP contribution < -0.4 is 0 Å². The molecule has 1 N–H and O–H groups in total. The first-order chi connectivity index (χ1) is 14.6. The van der Waals surface area contributed by atoms with Crippen LogP contribution in [-0.4, -0.2) is 27.0 Å². The number of thioether (sulfide) groups is 1. The molecule has 152 valence electrons. The molecule has 6 nitrogen and oxygen atoms in total. The number of carbonyl (C=O) groups is 1. The minimum absolute atomic E-state index is 0.0269. The van der Waals surface area contributed by atoms with Gasteiger partial charge in [0.15, 0.2) is 5.84 Å². The van der Waals surface area contributed by atoms with Crippen LogP contribution in [-0.2, 0) is 4.79 Å². The van der Waals surface area contributed by atoms with Crippen molar-refractivity contribution in [3.05, 3.63) is 52.8 Å². The summed E-state index contributed by atoms with van der Waals surface area (Å²) in [6.45, 7) is 0. The first kappa shape index (κ1) is 19.3. The summed E-state index contributed by atoms with van der Waals surface area (Å²) < 4.78 is 5.86. The number of amides is 1. The van der Waals surface area contributed by atoms with Crippen LogP contribution in [0.2, 0.25) is 5.02 Å². The van der Waals surface area contributed by atoms with Gasteiger partial charge in [0.1, 0.15) is 16.6 Å². The van der Waals surface area contributed by atoms with Crippen LogP contribution >= 0.6 is 23.4 Å². The normalized spacial score (nSPS) is 21.1. The van der Waals surface area contributed by atoms with E-state index in [0.717, 1.165) is 23.4 Å². The molecular formula is C22H19ClN4O2S. The van der Waals surface area contributed by atoms with Gasteiger partial charge in [-0.1, -0.05) is 43.0 Å². The predicted octanol–water partition coefficient (Wildman–Crippen LogP) is 5.80. The predicted molar refractivity (Wildman–Crippen MR) is 121 cm³/mol. The Balaban J connectivity index is 1.42. The highest BCUT2D eigenvalue weighted by Gasteiger charge is 2.38. The van der Waals surface area contributed by atoms with Crippen molar-refractivity contribution >= 4 is 51.4 Å². The number of fused-ring (bicyclic) bond motifs is 1. The third-order valence-corrected chi connectivity index (χ3v) is 6.88. The van der Waals surface area contributed by atoms with Gasteiger partial charge in [-0.25, -0.2) is 0 Å². The fraction of sp³-hybridized carbons (Fsp3) is 0.273. The quantitative estimate of drug-likeness (QED) is 0.614. The van der Waals surface area contributed by atoms with Gasteiger partial charge in [0, 0.05) is 11.5 Å². The van der Waals surface area contributed by atoms with E-state index in [9.17, 15) is 4.79 Å². The molecule has 2 aliphatic heterocycles. The van der Waals surface area contributed by atoms with Gasteiger partial charge in [0.25, 0.3) is 5.91 Å². The number of nitrogens with zero attached hydrogens (tertiary/aromatic N) is 3. The lowest BCUT2D eigenvalue weighted by molar-refractivity contribution is -0.114. The fourth-order valence-electron chi connectivity index (χ4n) is 3.90. The fourth-order valence-corrected chi connectivity index (χ4v) is 5.19. The van der Waals surface area contributed by atoms with Crippen LogP contribution in [0, 0.1) is 11.3 Å². The minimum atomic E-state index is -0.450. The van der Waals surface area contributed by atoms with Crippen LogP contribution in [0.25, 0.3) is 17.4 Å². The molecule has 0 spiro atoms. The first-order valence-electron chi connectivity index (χ1n) is 9.95. The molecule has 2 aromatic rings. The molecule has 0 atom stereocenters. The van der Waals surface area contributed by atoms with Gasteiger partial charge in [-0.15, -0.1) is 0 Å². The first-order valence-corrected chi connectivity index (χ1v) is 11.1. The van der Waals surface area contributed by atoms with Crippen LogP contribution in [0.15, 0.2) is 56.5 Å². The van der Waals surface area contributed by atoms with Crippen LogP contribution in [0.1, 0.15) is 37.9 Å². The second kappa shape index (κ2) is 7.89. The van der Waals surface area contributed by atoms with Crippen molar-refractivity contribution < 1.29 is 9.21 Å². The van der Waals surface area contributed by atoms with E-state index in [2.05, 4.69) is 10.1 Å². The molecule has 1 aromatic heterocycles. The zero-order valence-electron chi connectivity index (χ0n) is 16.1. The van der Waals surface area contributed by atoms with Crippen molar-refractivity contribution in [2.24, 2.45) is 16.0 Å². The Morgan fingerprint density at radius 1 is 1.17 bits per heavy atom. The van der Waals surface area contributed by atoms with E-state index in [1.54, 1.807) is 24.3 Å². The van der Waals surface area contributed by atoms with Gasteiger partial charge in [-0.05, 0) is 54.9 Å². The topological polar surface area (TPSA) is 82.0 Å². The Morgan fingerprint density at radius 3 is 2.77 bits per heavy atom. The molecule has 1 saturated carbocycles. The summed E-state index contributed by atoms with van der Waals surface area (Å²) in [5.74, 6) is 1.03. The van der Waals surface area contributed by atoms with Crippen molar-refractivity contribution in [2.75, 3.05) is 0 Å². The lowest BCUT2D eigenvalue weighted by Gasteiger charge is -2.20. The molecule has 0 radical (unpaired) electrons. The van der Waals surface area contributed by atoms with Crippen molar-refractivity contribution in [1.82, 2.24) is 5.01 Å². The molecule has 1 amide bonds. The van der Waals surface area contributed by atoms with Gasteiger partial charge in [0.2, 0.25) is 5.17 Å². The maximum atomic E-state index is 12.6. The second-order valence-electron chi connectivity index (χ2n) is 7.48. The third-order valence-electron chi connectivity index (χ3n) is 5.48. The van der Waals surface area contributed by atoms with Gasteiger partial charge in [0.05, 0.1) is 10.6 Å². The summed E-state index contributed by atoms with van der Waals surface area (Å²) in [5, 5.41) is 16.6. The molecule has 0 unspecified atom stereocenters. The smallest absolute Gasteiger partial charge is 0.283 e. The number of benzene rings is 1. The Hall–Kier alpha value is -2.64. The second-order valence-corrected chi connectivity index (χ2v) is 8.87. The maximum absolute atomic E-state index is 12.6. The van der Waals surface area contributed by atoms with Crippen molar-refractivity contribution in [2.45, 2.75) is 32.1 Å². The molecule has 0 bridgehead atoms. The summed E-state index contributed by atoms with van der Waals surface area (Å²) in [6, 6.07) is 10.9. The van der Waals surface area contributed by atoms with Gasteiger partial charge in [-0.3, -0.25) is 10.2 Å². The Kier molecular flexibility index (Phi) is 5.08. The summed E-state index contributed by atoms with van der Waals surface area (Å²) in [7, 11) is 0. The van der Waals surface area contributed by atoms with Crippen molar-refractivity contribution in [3.63, 3.8) is 0 Å². The number of amidine groups is 2. The lowest BCUT2D eigenvalue weighted by Crippen LogP contribution is -2.35. The lowest BCUT2D eigenvalue weighted by atomic mass is 9.90. The zero-order chi connectivity index (χ0) is 20.7. The molecule has 3 aliphatic rings. The third kappa shape index (κ3) is 3.52.